The molecule has 5 nitrogen and oxygen atoms in total. The van der Waals surface area contributed by atoms with Crippen molar-refractivity contribution in [3.05, 3.63) is 69.1 Å². The third-order valence-corrected chi connectivity index (χ3v) is 4.83. The average Bonchev–Trinajstić information content (AvgIpc) is 3.05. The first-order chi connectivity index (χ1) is 12.1. The Morgan fingerprint density at radius 3 is 2.64 bits per heavy atom. The van der Waals surface area contributed by atoms with E-state index in [-0.39, 0.29) is 5.91 Å². The zero-order valence-corrected chi connectivity index (χ0v) is 15.2. The lowest BCUT2D eigenvalue weighted by Crippen LogP contribution is -2.11. The number of ether oxygens (including phenoxy) is 1. The van der Waals surface area contributed by atoms with Crippen LogP contribution in [0.15, 0.2) is 48.5 Å². The number of hydrogen-bond acceptors (Lipinski definition) is 5. The topological polar surface area (TPSA) is 64.1 Å². The molecule has 3 aromatic rings. The monoisotopic (exact) mass is 393 g/mol. The molecule has 0 atom stereocenters. The van der Waals surface area contributed by atoms with Gasteiger partial charge in [-0.2, -0.15) is 0 Å². The molecule has 0 fully saturated rings. The second kappa shape index (κ2) is 8.29. The number of benzene rings is 2. The number of nitrogens with one attached hydrogen (secondary N) is 1. The van der Waals surface area contributed by atoms with Crippen molar-refractivity contribution in [3.8, 4) is 5.75 Å². The Hall–Kier alpha value is -2.15. The lowest BCUT2D eigenvalue weighted by Gasteiger charge is -2.03. The number of anilines is 1. The molecule has 1 amide bonds. The third-order valence-electron chi connectivity index (χ3n) is 3.20. The van der Waals surface area contributed by atoms with E-state index in [1.165, 1.54) is 17.4 Å². The van der Waals surface area contributed by atoms with E-state index >= 15 is 0 Å². The molecule has 0 aliphatic rings. The van der Waals surface area contributed by atoms with Gasteiger partial charge in [0.2, 0.25) is 5.13 Å². The van der Waals surface area contributed by atoms with E-state index in [1.807, 2.05) is 30.3 Å². The number of aromatic nitrogens is 2. The average molecular weight is 394 g/mol. The molecule has 1 heterocycles. The highest BCUT2D eigenvalue weighted by molar-refractivity contribution is 7.15. The molecule has 0 saturated heterocycles. The Morgan fingerprint density at radius 1 is 1.08 bits per heavy atom. The number of carbonyl (C=O) groups is 1. The third kappa shape index (κ3) is 4.92. The first-order valence-electron chi connectivity index (χ1n) is 7.38. The second-order valence-electron chi connectivity index (χ2n) is 5.00. The van der Waals surface area contributed by atoms with Gasteiger partial charge in [-0.25, -0.2) is 0 Å². The predicted molar refractivity (Wildman–Crippen MR) is 100.0 cm³/mol. The van der Waals surface area contributed by atoms with E-state index in [2.05, 4.69) is 15.5 Å². The van der Waals surface area contributed by atoms with Crippen molar-refractivity contribution in [2.75, 3.05) is 11.9 Å². The van der Waals surface area contributed by atoms with Gasteiger partial charge in [-0.05, 0) is 30.3 Å². The lowest BCUT2D eigenvalue weighted by molar-refractivity contribution is 0.102. The molecule has 25 heavy (non-hydrogen) atoms. The van der Waals surface area contributed by atoms with Crippen molar-refractivity contribution in [3.63, 3.8) is 0 Å². The molecule has 8 heteroatoms. The van der Waals surface area contributed by atoms with Crippen molar-refractivity contribution < 1.29 is 9.53 Å². The van der Waals surface area contributed by atoms with Gasteiger partial charge in [0.05, 0.1) is 16.7 Å². The second-order valence-corrected chi connectivity index (χ2v) is 6.87. The maximum Gasteiger partial charge on any atom is 0.257 e. The fourth-order valence-electron chi connectivity index (χ4n) is 1.98. The minimum Gasteiger partial charge on any atom is -0.493 e. The Kier molecular flexibility index (Phi) is 5.86. The van der Waals surface area contributed by atoms with Gasteiger partial charge in [0.15, 0.2) is 0 Å². The van der Waals surface area contributed by atoms with Crippen molar-refractivity contribution in [2.24, 2.45) is 0 Å². The minimum atomic E-state index is -0.318. The normalized spacial score (nSPS) is 10.5. The highest BCUT2D eigenvalue weighted by Crippen LogP contribution is 2.23. The molecule has 0 aliphatic carbocycles. The van der Waals surface area contributed by atoms with Crippen LogP contribution in [0.5, 0.6) is 5.75 Å². The molecule has 0 radical (unpaired) electrons. The summed E-state index contributed by atoms with van der Waals surface area (Å²) < 4.78 is 5.62. The molecule has 1 aromatic heterocycles. The molecule has 1 N–H and O–H groups in total. The Bertz CT molecular complexity index is 871. The van der Waals surface area contributed by atoms with Gasteiger partial charge in [0.25, 0.3) is 5.91 Å². The first-order valence-corrected chi connectivity index (χ1v) is 8.96. The molecular weight excluding hydrogens is 381 g/mol. The SMILES string of the molecule is O=C(Nc1nnc(CCOc2ccccc2)s1)c1ccc(Cl)c(Cl)c1. The van der Waals surface area contributed by atoms with Gasteiger partial charge >= 0.3 is 0 Å². The fourth-order valence-corrected chi connectivity index (χ4v) is 3.00. The summed E-state index contributed by atoms with van der Waals surface area (Å²) in [7, 11) is 0. The molecule has 3 rings (SSSR count). The van der Waals surface area contributed by atoms with Crippen molar-refractivity contribution in [1.29, 1.82) is 0 Å². The molecule has 0 unspecified atom stereocenters. The zero-order chi connectivity index (χ0) is 17.6. The summed E-state index contributed by atoms with van der Waals surface area (Å²) in [6.07, 6.45) is 0.606. The number of para-hydroxylation sites is 1. The number of amides is 1. The summed E-state index contributed by atoms with van der Waals surface area (Å²) in [6, 6.07) is 14.2. The first kappa shape index (κ1) is 17.7. The molecule has 0 aliphatic heterocycles. The van der Waals surface area contributed by atoms with Crippen LogP contribution in [0.2, 0.25) is 10.0 Å². The van der Waals surface area contributed by atoms with E-state index < -0.39 is 0 Å². The van der Waals surface area contributed by atoms with Crippen molar-refractivity contribution in [1.82, 2.24) is 10.2 Å². The summed E-state index contributed by atoms with van der Waals surface area (Å²) in [4.78, 5) is 12.2. The van der Waals surface area contributed by atoms with E-state index in [0.717, 1.165) is 10.8 Å². The van der Waals surface area contributed by atoms with Gasteiger partial charge in [-0.3, -0.25) is 10.1 Å². The summed E-state index contributed by atoms with van der Waals surface area (Å²) >= 11 is 13.1. The number of carbonyl (C=O) groups excluding carboxylic acids is 1. The van der Waals surface area contributed by atoms with Crippen LogP contribution < -0.4 is 10.1 Å². The Balaban J connectivity index is 1.54. The van der Waals surface area contributed by atoms with Crippen molar-refractivity contribution >= 4 is 45.6 Å². The Morgan fingerprint density at radius 2 is 1.88 bits per heavy atom. The van der Waals surface area contributed by atoms with E-state index in [0.29, 0.717) is 33.8 Å². The van der Waals surface area contributed by atoms with E-state index in [9.17, 15) is 4.79 Å². The summed E-state index contributed by atoms with van der Waals surface area (Å²) in [5, 5.41) is 12.6. The highest BCUT2D eigenvalue weighted by Gasteiger charge is 2.12. The smallest absolute Gasteiger partial charge is 0.257 e. The fraction of sp³-hybridized carbons (Fsp3) is 0.118. The molecular formula is C17H13Cl2N3O2S. The van der Waals surface area contributed by atoms with Crippen LogP contribution in [0.4, 0.5) is 5.13 Å². The maximum absolute atomic E-state index is 12.2. The zero-order valence-electron chi connectivity index (χ0n) is 12.9. The van der Waals surface area contributed by atoms with Crippen LogP contribution in [0.25, 0.3) is 0 Å². The molecule has 2 aromatic carbocycles. The van der Waals surface area contributed by atoms with Crippen LogP contribution >= 0.6 is 34.5 Å². The van der Waals surface area contributed by atoms with Crippen LogP contribution in [-0.2, 0) is 6.42 Å². The van der Waals surface area contributed by atoms with Crippen LogP contribution in [-0.4, -0.2) is 22.7 Å². The molecule has 0 saturated carbocycles. The van der Waals surface area contributed by atoms with Crippen LogP contribution in [0, 0.1) is 0 Å². The van der Waals surface area contributed by atoms with Gasteiger partial charge < -0.3 is 4.74 Å². The largest absolute Gasteiger partial charge is 0.493 e. The highest BCUT2D eigenvalue weighted by atomic mass is 35.5. The number of halogens is 2. The summed E-state index contributed by atoms with van der Waals surface area (Å²) in [5.41, 5.74) is 0.401. The van der Waals surface area contributed by atoms with Gasteiger partial charge in [-0.1, -0.05) is 52.7 Å². The number of hydrogen-bond donors (Lipinski definition) is 1. The minimum absolute atomic E-state index is 0.318. The van der Waals surface area contributed by atoms with Gasteiger partial charge in [0.1, 0.15) is 10.8 Å². The summed E-state index contributed by atoms with van der Waals surface area (Å²) in [6.45, 7) is 0.486. The lowest BCUT2D eigenvalue weighted by atomic mass is 10.2. The summed E-state index contributed by atoms with van der Waals surface area (Å²) in [5.74, 6) is 0.488. The Labute approximate surface area is 158 Å². The predicted octanol–water partition coefficient (Wildman–Crippen LogP) is 4.72. The van der Waals surface area contributed by atoms with Gasteiger partial charge in [0, 0.05) is 12.0 Å². The quantitative estimate of drug-likeness (QED) is 0.657. The number of nitrogens with zero attached hydrogens (tertiary/aromatic N) is 2. The molecule has 0 spiro atoms. The maximum atomic E-state index is 12.2. The van der Waals surface area contributed by atoms with Crippen LogP contribution in [0.1, 0.15) is 15.4 Å². The van der Waals surface area contributed by atoms with E-state index in [4.69, 9.17) is 27.9 Å². The number of rotatable bonds is 6. The molecule has 0 bridgehead atoms. The van der Waals surface area contributed by atoms with Gasteiger partial charge in [-0.15, -0.1) is 10.2 Å². The van der Waals surface area contributed by atoms with Crippen LogP contribution in [0.3, 0.4) is 0 Å². The van der Waals surface area contributed by atoms with Crippen molar-refractivity contribution in [2.45, 2.75) is 6.42 Å². The standard InChI is InChI=1S/C17H13Cl2N3O2S/c18-13-7-6-11(10-14(13)19)16(23)20-17-22-21-15(25-17)8-9-24-12-4-2-1-3-5-12/h1-7,10H,8-9H2,(H,20,22,23). The molecule has 128 valence electrons. The van der Waals surface area contributed by atoms with E-state index in [1.54, 1.807) is 12.1 Å².